The highest BCUT2D eigenvalue weighted by Crippen LogP contribution is 2.64. The lowest BCUT2D eigenvalue weighted by atomic mass is 9.36. The molecule has 2 aliphatic carbocycles. The summed E-state index contributed by atoms with van der Waals surface area (Å²) in [5, 5.41) is 1.31. The normalized spacial score (nSPS) is 14.2. The molecule has 1 aromatic heterocycles. The first-order chi connectivity index (χ1) is 32.0. The third-order valence-electron chi connectivity index (χ3n) is 14.9. The second kappa shape index (κ2) is 13.6. The van der Waals surface area contributed by atoms with Crippen LogP contribution in [0.4, 0.5) is 34.1 Å². The number of benzene rings is 9. The van der Waals surface area contributed by atoms with Crippen LogP contribution in [0.25, 0.3) is 43.5 Å². The summed E-state index contributed by atoms with van der Waals surface area (Å²) in [6, 6.07) is 76.1. The summed E-state index contributed by atoms with van der Waals surface area (Å²) in [6.07, 6.45) is 0. The van der Waals surface area contributed by atoms with E-state index >= 15 is 0 Å². The lowest BCUT2D eigenvalue weighted by Crippen LogP contribution is -2.60. The van der Waals surface area contributed by atoms with Gasteiger partial charge in [0.2, 0.25) is 0 Å². The highest BCUT2D eigenvalue weighted by molar-refractivity contribution is 7.33. The van der Waals surface area contributed by atoms with Gasteiger partial charge in [0.05, 0.1) is 11.1 Å². The van der Waals surface area contributed by atoms with E-state index in [2.05, 4.69) is 231 Å². The zero-order valence-electron chi connectivity index (χ0n) is 36.5. The third-order valence-corrected chi connectivity index (χ3v) is 16.1. The summed E-state index contributed by atoms with van der Waals surface area (Å²) in [7, 11) is 0. The number of rotatable bonds is 4. The number of thiophene rings is 1. The van der Waals surface area contributed by atoms with Gasteiger partial charge >= 0.3 is 0 Å². The molecule has 0 unspecified atom stereocenters. The van der Waals surface area contributed by atoms with E-state index in [1.54, 1.807) is 0 Å². The molecule has 0 saturated carbocycles. The Morgan fingerprint density at radius 2 is 1.11 bits per heavy atom. The lowest BCUT2D eigenvalue weighted by molar-refractivity contribution is 0.785. The van der Waals surface area contributed by atoms with Crippen LogP contribution >= 0.6 is 11.3 Å². The highest BCUT2D eigenvalue weighted by atomic mass is 32.1. The number of hydrogen-bond donors (Lipinski definition) is 0. The molecule has 3 heterocycles. The van der Waals surface area contributed by atoms with Crippen molar-refractivity contribution >= 4 is 78.0 Å². The first-order valence-electron chi connectivity index (χ1n) is 23.0. The second-order valence-corrected chi connectivity index (χ2v) is 19.7. The summed E-state index contributed by atoms with van der Waals surface area (Å²) in [5.74, 6) is 0.413. The molecular weight excluding hydrogens is 804 g/mol. The van der Waals surface area contributed by atoms with Crippen LogP contribution in [0.2, 0.25) is 0 Å². The van der Waals surface area contributed by atoms with Crippen LogP contribution in [0, 0.1) is 6.92 Å². The third kappa shape index (κ3) is 4.95. The summed E-state index contributed by atoms with van der Waals surface area (Å²) >= 11 is 2.00. The van der Waals surface area contributed by atoms with E-state index in [1.807, 2.05) is 11.3 Å². The van der Waals surface area contributed by atoms with Gasteiger partial charge < -0.3 is 9.80 Å². The molecule has 4 heteroatoms. The Morgan fingerprint density at radius 3 is 1.83 bits per heavy atom. The number of para-hydroxylation sites is 1. The van der Waals surface area contributed by atoms with Gasteiger partial charge in [-0.25, -0.2) is 0 Å². The predicted molar refractivity (Wildman–Crippen MR) is 276 cm³/mol. The fourth-order valence-corrected chi connectivity index (χ4v) is 13.4. The van der Waals surface area contributed by atoms with Crippen LogP contribution in [-0.4, -0.2) is 6.71 Å². The Bertz CT molecular complexity index is 3560. The van der Waals surface area contributed by atoms with E-state index in [0.29, 0.717) is 5.92 Å². The van der Waals surface area contributed by atoms with Crippen LogP contribution < -0.4 is 25.5 Å². The monoisotopic (exact) mass is 846 g/mol. The molecule has 2 nitrogen and oxygen atoms in total. The van der Waals surface area contributed by atoms with Crippen molar-refractivity contribution < 1.29 is 0 Å². The lowest BCUT2D eigenvalue weighted by Gasteiger charge is -2.43. The summed E-state index contributed by atoms with van der Waals surface area (Å²) in [4.78, 5) is 5.11. The maximum Gasteiger partial charge on any atom is 0.264 e. The molecule has 65 heavy (non-hydrogen) atoms. The van der Waals surface area contributed by atoms with E-state index < -0.39 is 5.41 Å². The zero-order valence-corrected chi connectivity index (χ0v) is 37.3. The van der Waals surface area contributed by atoms with Gasteiger partial charge in [0, 0.05) is 43.3 Å². The molecule has 0 bridgehead atoms. The number of fused-ring (bicyclic) bond motifs is 16. The molecule has 0 fully saturated rings. The molecular formula is C61H43BN2S. The molecule has 10 aromatic rings. The van der Waals surface area contributed by atoms with Gasteiger partial charge in [0.15, 0.2) is 0 Å². The fourth-order valence-electron chi connectivity index (χ4n) is 12.0. The number of anilines is 6. The van der Waals surface area contributed by atoms with Gasteiger partial charge in [-0.3, -0.25) is 0 Å². The Morgan fingerprint density at radius 1 is 0.477 bits per heavy atom. The average Bonchev–Trinajstić information content (AvgIpc) is 3.97. The van der Waals surface area contributed by atoms with Crippen molar-refractivity contribution in [3.8, 4) is 33.4 Å². The molecule has 2 aliphatic heterocycles. The van der Waals surface area contributed by atoms with Gasteiger partial charge in [-0.2, -0.15) is 0 Å². The summed E-state index contributed by atoms with van der Waals surface area (Å²) < 4.78 is 2.72. The SMILES string of the molecule is Cc1ccc(N2c3cccc4c3B(c3ccc(-c5ccccc5)cc3N4c3ccccc3)c3sc4cc5c(cc4c32)-c2ccc(C(C)C)cc2C52c3ccccc3-c3ccccc32)cc1. The van der Waals surface area contributed by atoms with Crippen molar-refractivity contribution in [1.82, 2.24) is 0 Å². The van der Waals surface area contributed by atoms with Crippen molar-refractivity contribution in [2.75, 3.05) is 9.80 Å². The number of hydrogen-bond acceptors (Lipinski definition) is 3. The Balaban J connectivity index is 1.09. The molecule has 9 aromatic carbocycles. The average molecular weight is 847 g/mol. The van der Waals surface area contributed by atoms with E-state index in [1.165, 1.54) is 121 Å². The van der Waals surface area contributed by atoms with Gasteiger partial charge in [-0.15, -0.1) is 11.3 Å². The molecule has 0 N–H and O–H groups in total. The molecule has 306 valence electrons. The number of aryl methyl sites for hydroxylation is 1. The van der Waals surface area contributed by atoms with Crippen molar-refractivity contribution in [2.45, 2.75) is 32.1 Å². The van der Waals surface area contributed by atoms with E-state index in [-0.39, 0.29) is 6.71 Å². The maximum absolute atomic E-state index is 2.61. The minimum Gasteiger partial charge on any atom is -0.311 e. The van der Waals surface area contributed by atoms with Gasteiger partial charge in [-0.05, 0) is 140 Å². The molecule has 0 atom stereocenters. The smallest absolute Gasteiger partial charge is 0.264 e. The van der Waals surface area contributed by atoms with Crippen LogP contribution in [0.3, 0.4) is 0 Å². The Kier molecular flexibility index (Phi) is 7.72. The largest absolute Gasteiger partial charge is 0.311 e. The summed E-state index contributed by atoms with van der Waals surface area (Å²) in [5.41, 5.74) is 25.6. The molecule has 14 rings (SSSR count). The number of nitrogens with zero attached hydrogens (tertiary/aromatic N) is 2. The highest BCUT2D eigenvalue weighted by Gasteiger charge is 2.53. The Labute approximate surface area is 384 Å². The molecule has 0 radical (unpaired) electrons. The summed E-state index contributed by atoms with van der Waals surface area (Å²) in [6.45, 7) is 6.87. The first kappa shape index (κ1) is 37.0. The van der Waals surface area contributed by atoms with Crippen molar-refractivity contribution in [2.24, 2.45) is 0 Å². The van der Waals surface area contributed by atoms with Crippen molar-refractivity contribution in [3.63, 3.8) is 0 Å². The minimum absolute atomic E-state index is 0.0349. The quantitative estimate of drug-likeness (QED) is 0.163. The topological polar surface area (TPSA) is 6.48 Å². The molecule has 1 spiro atoms. The van der Waals surface area contributed by atoms with E-state index in [0.717, 1.165) is 5.69 Å². The molecule has 0 saturated heterocycles. The van der Waals surface area contributed by atoms with Gasteiger partial charge in [-0.1, -0.05) is 165 Å². The van der Waals surface area contributed by atoms with E-state index in [4.69, 9.17) is 0 Å². The molecule has 0 amide bonds. The Hall–Kier alpha value is -7.40. The standard InChI is InChI=1S/C61H43BN2S/c1-37(2)40-27-31-46-47-35-48-57(36-52(47)61(51(46)33-40)49-21-12-10-19-44(49)45-20-11-13-22-50(45)61)65-60-59(48)64(43-29-25-38(3)26-30-43)55-24-14-23-54-58(55)62(60)53-32-28-41(39-15-6-4-7-16-39)34-56(53)63(54)42-17-8-5-9-18-42/h4-37H,1-3H3. The van der Waals surface area contributed by atoms with Crippen molar-refractivity contribution in [3.05, 3.63) is 234 Å². The minimum atomic E-state index is -0.421. The van der Waals surface area contributed by atoms with Crippen LogP contribution in [0.5, 0.6) is 0 Å². The van der Waals surface area contributed by atoms with Gasteiger partial charge in [0.25, 0.3) is 6.71 Å². The van der Waals surface area contributed by atoms with E-state index in [9.17, 15) is 0 Å². The zero-order chi connectivity index (χ0) is 43.1. The first-order valence-corrected chi connectivity index (χ1v) is 23.8. The predicted octanol–water partition coefficient (Wildman–Crippen LogP) is 14.4. The second-order valence-electron chi connectivity index (χ2n) is 18.6. The van der Waals surface area contributed by atoms with Crippen LogP contribution in [0.1, 0.15) is 53.1 Å². The maximum atomic E-state index is 2.61. The van der Waals surface area contributed by atoms with Crippen molar-refractivity contribution in [1.29, 1.82) is 0 Å². The van der Waals surface area contributed by atoms with Crippen LogP contribution in [0.15, 0.2) is 200 Å². The van der Waals surface area contributed by atoms with Gasteiger partial charge in [0.1, 0.15) is 0 Å². The van der Waals surface area contributed by atoms with Crippen LogP contribution in [-0.2, 0) is 5.41 Å². The fraction of sp³-hybridized carbons (Fsp3) is 0.0820. The molecule has 4 aliphatic rings.